The fourth-order valence-electron chi connectivity index (χ4n) is 2.94. The van der Waals surface area contributed by atoms with Crippen LogP contribution < -0.4 is 5.32 Å². The lowest BCUT2D eigenvalue weighted by atomic mass is 9.97. The highest BCUT2D eigenvalue weighted by molar-refractivity contribution is 5.74. The third kappa shape index (κ3) is 3.14. The van der Waals surface area contributed by atoms with Crippen LogP contribution in [0.4, 0.5) is 4.79 Å². The zero-order valence-corrected chi connectivity index (χ0v) is 14.5. The second-order valence-electron chi connectivity index (χ2n) is 6.36. The van der Waals surface area contributed by atoms with Crippen LogP contribution in [0, 0.1) is 13.8 Å². The molecule has 0 bridgehead atoms. The Morgan fingerprint density at radius 1 is 1.46 bits per heavy atom. The van der Waals surface area contributed by atoms with Gasteiger partial charge in [-0.3, -0.25) is 4.68 Å². The maximum atomic E-state index is 12.5. The lowest BCUT2D eigenvalue weighted by Gasteiger charge is -2.40. The average Bonchev–Trinajstić information content (AvgIpc) is 3.12. The minimum absolute atomic E-state index is 0.117. The zero-order chi connectivity index (χ0) is 17.3. The third-order valence-corrected chi connectivity index (χ3v) is 4.47. The number of carbonyl (C=O) groups is 1. The van der Waals surface area contributed by atoms with Gasteiger partial charge in [-0.05, 0) is 20.8 Å². The summed E-state index contributed by atoms with van der Waals surface area (Å²) >= 11 is 0. The van der Waals surface area contributed by atoms with Crippen molar-refractivity contribution in [2.24, 2.45) is 7.05 Å². The summed E-state index contributed by atoms with van der Waals surface area (Å²) in [5.41, 5.74) is 2.14. The highest BCUT2D eigenvalue weighted by Crippen LogP contribution is 2.29. The molecule has 1 N–H and O–H groups in total. The van der Waals surface area contributed by atoms with Gasteiger partial charge in [-0.2, -0.15) is 5.10 Å². The fraction of sp³-hybridized carbons (Fsp3) is 0.562. The largest absolute Gasteiger partial charge is 0.367 e. The second kappa shape index (κ2) is 6.27. The van der Waals surface area contributed by atoms with Gasteiger partial charge in [0, 0.05) is 37.5 Å². The molecule has 1 atom stereocenters. The normalized spacial score (nSPS) is 21.1. The van der Waals surface area contributed by atoms with Crippen LogP contribution in [0.2, 0.25) is 0 Å². The van der Waals surface area contributed by atoms with Gasteiger partial charge in [0.15, 0.2) is 0 Å². The summed E-state index contributed by atoms with van der Waals surface area (Å²) in [6, 6.07) is -0.117. The van der Waals surface area contributed by atoms with E-state index in [1.54, 1.807) is 15.8 Å². The molecule has 1 aliphatic heterocycles. The molecule has 1 saturated heterocycles. The number of carbonyl (C=O) groups excluding carboxylic acids is 1. The Morgan fingerprint density at radius 2 is 2.25 bits per heavy atom. The van der Waals surface area contributed by atoms with Gasteiger partial charge in [0.1, 0.15) is 11.4 Å². The molecule has 0 saturated carbocycles. The van der Waals surface area contributed by atoms with Crippen molar-refractivity contribution >= 4 is 6.03 Å². The Bertz CT molecular complexity index is 718. The molecule has 3 rings (SSSR count). The maximum absolute atomic E-state index is 12.5. The zero-order valence-electron chi connectivity index (χ0n) is 14.5. The van der Waals surface area contributed by atoms with E-state index in [4.69, 9.17) is 9.26 Å². The van der Waals surface area contributed by atoms with Crippen molar-refractivity contribution in [3.8, 4) is 0 Å². The number of hydrogen-bond donors (Lipinski definition) is 1. The van der Waals surface area contributed by atoms with E-state index in [1.807, 2.05) is 34.0 Å². The van der Waals surface area contributed by atoms with Crippen LogP contribution in [0.1, 0.15) is 29.5 Å². The molecule has 130 valence electrons. The first-order valence-electron chi connectivity index (χ1n) is 7.96. The molecule has 1 unspecified atom stereocenters. The van der Waals surface area contributed by atoms with Gasteiger partial charge in [-0.25, -0.2) is 4.79 Å². The number of nitrogens with zero attached hydrogens (tertiary/aromatic N) is 4. The first kappa shape index (κ1) is 16.5. The van der Waals surface area contributed by atoms with Gasteiger partial charge >= 0.3 is 6.03 Å². The lowest BCUT2D eigenvalue weighted by Crippen LogP contribution is -2.53. The van der Waals surface area contributed by atoms with E-state index < -0.39 is 5.60 Å². The Hall–Kier alpha value is -2.35. The maximum Gasteiger partial charge on any atom is 0.317 e. The van der Waals surface area contributed by atoms with Crippen molar-refractivity contribution in [3.63, 3.8) is 0 Å². The second-order valence-corrected chi connectivity index (χ2v) is 6.36. The van der Waals surface area contributed by atoms with E-state index in [0.29, 0.717) is 26.2 Å². The predicted octanol–water partition coefficient (Wildman–Crippen LogP) is 1.48. The number of aromatic nitrogens is 3. The van der Waals surface area contributed by atoms with Crippen molar-refractivity contribution in [1.82, 2.24) is 25.2 Å². The first-order valence-corrected chi connectivity index (χ1v) is 7.96. The molecule has 2 amide bonds. The monoisotopic (exact) mass is 333 g/mol. The number of urea groups is 1. The number of rotatable bonds is 3. The molecule has 0 spiro atoms. The summed E-state index contributed by atoms with van der Waals surface area (Å²) in [6.45, 7) is 7.63. The molecule has 2 aromatic heterocycles. The van der Waals surface area contributed by atoms with Crippen molar-refractivity contribution in [3.05, 3.63) is 35.0 Å². The molecule has 1 fully saturated rings. The Morgan fingerprint density at radius 3 is 2.88 bits per heavy atom. The predicted molar refractivity (Wildman–Crippen MR) is 86.3 cm³/mol. The highest BCUT2D eigenvalue weighted by atomic mass is 16.5. The summed E-state index contributed by atoms with van der Waals surface area (Å²) in [6.07, 6.45) is 3.70. The summed E-state index contributed by atoms with van der Waals surface area (Å²) in [5, 5.41) is 11.0. The number of amides is 2. The van der Waals surface area contributed by atoms with E-state index in [1.165, 1.54) is 0 Å². The minimum Gasteiger partial charge on any atom is -0.367 e. The first-order chi connectivity index (χ1) is 11.4. The van der Waals surface area contributed by atoms with E-state index in [9.17, 15) is 4.79 Å². The smallest absolute Gasteiger partial charge is 0.317 e. The van der Waals surface area contributed by atoms with E-state index in [2.05, 4.69) is 15.6 Å². The Balaban J connectivity index is 1.65. The van der Waals surface area contributed by atoms with Gasteiger partial charge in [0.25, 0.3) is 0 Å². The van der Waals surface area contributed by atoms with E-state index >= 15 is 0 Å². The van der Waals surface area contributed by atoms with Crippen molar-refractivity contribution in [1.29, 1.82) is 0 Å². The fourth-order valence-corrected chi connectivity index (χ4v) is 2.94. The molecule has 0 aliphatic carbocycles. The topological polar surface area (TPSA) is 85.4 Å². The van der Waals surface area contributed by atoms with Gasteiger partial charge in [-0.15, -0.1) is 0 Å². The summed E-state index contributed by atoms with van der Waals surface area (Å²) in [7, 11) is 1.86. The van der Waals surface area contributed by atoms with Crippen molar-refractivity contribution < 1.29 is 14.1 Å². The number of aryl methyl sites for hydroxylation is 3. The van der Waals surface area contributed by atoms with Crippen LogP contribution in [0.15, 0.2) is 16.9 Å². The number of hydrogen-bond acceptors (Lipinski definition) is 5. The van der Waals surface area contributed by atoms with E-state index in [0.717, 1.165) is 22.6 Å². The number of nitrogens with one attached hydrogen (secondary N) is 1. The van der Waals surface area contributed by atoms with Crippen LogP contribution in [0.3, 0.4) is 0 Å². The number of ether oxygens (including phenoxy) is 1. The highest BCUT2D eigenvalue weighted by Gasteiger charge is 2.36. The molecule has 24 heavy (non-hydrogen) atoms. The summed E-state index contributed by atoms with van der Waals surface area (Å²) < 4.78 is 12.8. The average molecular weight is 333 g/mol. The molecule has 0 radical (unpaired) electrons. The van der Waals surface area contributed by atoms with Crippen LogP contribution in [-0.2, 0) is 23.9 Å². The van der Waals surface area contributed by atoms with Crippen LogP contribution in [0.25, 0.3) is 0 Å². The van der Waals surface area contributed by atoms with Gasteiger partial charge in [0.2, 0.25) is 0 Å². The SMILES string of the molecule is Cc1noc(C)c1CNC(=O)N1CCOC(C)(c2cnn(C)c2)C1. The summed E-state index contributed by atoms with van der Waals surface area (Å²) in [4.78, 5) is 14.3. The Kier molecular flexibility index (Phi) is 4.31. The molecule has 8 nitrogen and oxygen atoms in total. The van der Waals surface area contributed by atoms with Crippen molar-refractivity contribution in [2.75, 3.05) is 19.7 Å². The third-order valence-electron chi connectivity index (χ3n) is 4.47. The minimum atomic E-state index is -0.549. The molecule has 3 heterocycles. The summed E-state index contributed by atoms with van der Waals surface area (Å²) in [5.74, 6) is 0.731. The quantitative estimate of drug-likeness (QED) is 0.919. The van der Waals surface area contributed by atoms with Crippen LogP contribution in [0.5, 0.6) is 0 Å². The molecule has 0 aromatic carbocycles. The molecule has 8 heteroatoms. The van der Waals surface area contributed by atoms with Crippen molar-refractivity contribution in [2.45, 2.75) is 32.9 Å². The van der Waals surface area contributed by atoms with E-state index in [-0.39, 0.29) is 6.03 Å². The number of morpholine rings is 1. The van der Waals surface area contributed by atoms with Crippen LogP contribution in [-0.4, -0.2) is 45.6 Å². The van der Waals surface area contributed by atoms with Gasteiger partial charge in [-0.1, -0.05) is 5.16 Å². The van der Waals surface area contributed by atoms with Gasteiger partial charge in [0.05, 0.1) is 25.0 Å². The van der Waals surface area contributed by atoms with Crippen LogP contribution >= 0.6 is 0 Å². The molecule has 2 aromatic rings. The van der Waals surface area contributed by atoms with Gasteiger partial charge < -0.3 is 19.5 Å². The standard InChI is InChI=1S/C16H23N5O3/c1-11-14(12(2)24-19-11)8-17-15(22)21-5-6-23-16(3,10-21)13-7-18-20(4)9-13/h7,9H,5-6,8,10H2,1-4H3,(H,17,22). The lowest BCUT2D eigenvalue weighted by molar-refractivity contribution is -0.0907. The molecular weight excluding hydrogens is 310 g/mol. The molecule has 1 aliphatic rings. The Labute approximate surface area is 140 Å². The molecular formula is C16H23N5O3.